The smallest absolute Gasteiger partial charge is 0.243 e. The Morgan fingerprint density at radius 1 is 1.12 bits per heavy atom. The second kappa shape index (κ2) is 9.50. The number of hydrogen-bond acceptors (Lipinski definition) is 5. The van der Waals surface area contributed by atoms with Gasteiger partial charge < -0.3 is 14.4 Å². The number of carbonyl (C=O) groups excluding carboxylic acids is 1. The Bertz CT molecular complexity index is 1190. The molecule has 2 fully saturated rings. The number of methoxy groups -OCH3 is 2. The normalized spacial score (nSPS) is 24.4. The minimum Gasteiger partial charge on any atom is -0.497 e. The van der Waals surface area contributed by atoms with Gasteiger partial charge in [-0.2, -0.15) is 0 Å². The Kier molecular flexibility index (Phi) is 6.82. The van der Waals surface area contributed by atoms with Crippen molar-refractivity contribution in [3.8, 4) is 11.5 Å². The van der Waals surface area contributed by atoms with E-state index in [-0.39, 0.29) is 36.2 Å². The van der Waals surface area contributed by atoms with Crippen molar-refractivity contribution < 1.29 is 31.5 Å². The van der Waals surface area contributed by atoms with Crippen LogP contribution in [0.5, 0.6) is 11.5 Å². The number of amides is 1. The van der Waals surface area contributed by atoms with Crippen LogP contribution in [0.15, 0.2) is 41.3 Å². The van der Waals surface area contributed by atoms with Crippen LogP contribution in [0.2, 0.25) is 0 Å². The SMILES string of the molecule is COc1ccc(CN2C(=O)C[C@H]3[C@H](CNS(=O)(=O)c4ccc(F)cc4F)[C@@H](C)C[C@H]32)c(OC)c1. The molecule has 1 N–H and O–H groups in total. The molecular formula is C24H28F2N2O5S. The highest BCUT2D eigenvalue weighted by atomic mass is 32.2. The molecule has 1 saturated carbocycles. The predicted octanol–water partition coefficient (Wildman–Crippen LogP) is 3.33. The van der Waals surface area contributed by atoms with E-state index in [1.807, 2.05) is 24.0 Å². The lowest BCUT2D eigenvalue weighted by atomic mass is 9.89. The summed E-state index contributed by atoms with van der Waals surface area (Å²) in [5.41, 5.74) is 0.862. The van der Waals surface area contributed by atoms with Crippen LogP contribution in [0, 0.1) is 29.4 Å². The van der Waals surface area contributed by atoms with Gasteiger partial charge in [0.1, 0.15) is 28.0 Å². The predicted molar refractivity (Wildman–Crippen MR) is 121 cm³/mol. The van der Waals surface area contributed by atoms with Crippen LogP contribution in [0.3, 0.4) is 0 Å². The number of nitrogens with one attached hydrogen (secondary N) is 1. The summed E-state index contributed by atoms with van der Waals surface area (Å²) in [4.78, 5) is 14.2. The molecule has 4 atom stereocenters. The van der Waals surface area contributed by atoms with Crippen molar-refractivity contribution in [3.05, 3.63) is 53.6 Å². The lowest BCUT2D eigenvalue weighted by Crippen LogP contribution is -2.35. The van der Waals surface area contributed by atoms with Gasteiger partial charge in [-0.15, -0.1) is 0 Å². The Balaban J connectivity index is 1.48. The van der Waals surface area contributed by atoms with Crippen molar-refractivity contribution in [2.75, 3.05) is 20.8 Å². The number of fused-ring (bicyclic) bond motifs is 1. The molecule has 34 heavy (non-hydrogen) atoms. The highest BCUT2D eigenvalue weighted by molar-refractivity contribution is 7.89. The fraction of sp³-hybridized carbons (Fsp3) is 0.458. The Morgan fingerprint density at radius 2 is 1.88 bits per heavy atom. The number of ether oxygens (including phenoxy) is 2. The van der Waals surface area contributed by atoms with Crippen LogP contribution in [0.25, 0.3) is 0 Å². The lowest BCUT2D eigenvalue weighted by molar-refractivity contribution is -0.129. The zero-order valence-electron chi connectivity index (χ0n) is 19.3. The number of sulfonamides is 1. The summed E-state index contributed by atoms with van der Waals surface area (Å²) < 4.78 is 65.7. The van der Waals surface area contributed by atoms with Crippen molar-refractivity contribution >= 4 is 15.9 Å². The molecule has 0 bridgehead atoms. The third-order valence-electron chi connectivity index (χ3n) is 7.05. The number of nitrogens with zero attached hydrogens (tertiary/aromatic N) is 1. The van der Waals surface area contributed by atoms with Crippen LogP contribution < -0.4 is 14.2 Å². The standard InChI is InChI=1S/C24H28F2N2O5S/c1-14-8-21-18(19(14)12-27-34(30,31)23-7-5-16(25)9-20(23)26)11-24(29)28(21)13-15-4-6-17(32-2)10-22(15)33-3/h4-7,9-10,14,18-19,21,27H,8,11-13H2,1-3H3/t14-,18-,19+,21+/m0/s1. The highest BCUT2D eigenvalue weighted by Crippen LogP contribution is 2.46. The van der Waals surface area contributed by atoms with Gasteiger partial charge in [-0.1, -0.05) is 6.92 Å². The Labute approximate surface area is 198 Å². The zero-order chi connectivity index (χ0) is 24.6. The molecule has 0 unspecified atom stereocenters. The maximum atomic E-state index is 14.0. The van der Waals surface area contributed by atoms with E-state index in [9.17, 15) is 22.0 Å². The van der Waals surface area contributed by atoms with Gasteiger partial charge in [0.05, 0.1) is 14.2 Å². The summed E-state index contributed by atoms with van der Waals surface area (Å²) in [6.07, 6.45) is 1.07. The average molecular weight is 495 g/mol. The molecule has 10 heteroatoms. The first-order valence-corrected chi connectivity index (χ1v) is 12.6. The van der Waals surface area contributed by atoms with Gasteiger partial charge in [-0.05, 0) is 48.4 Å². The van der Waals surface area contributed by atoms with E-state index in [0.29, 0.717) is 30.5 Å². The van der Waals surface area contributed by atoms with Crippen molar-refractivity contribution in [3.63, 3.8) is 0 Å². The van der Waals surface area contributed by atoms with Crippen LogP contribution in [0.1, 0.15) is 25.3 Å². The van der Waals surface area contributed by atoms with E-state index in [0.717, 1.165) is 24.1 Å². The highest BCUT2D eigenvalue weighted by Gasteiger charge is 2.50. The van der Waals surface area contributed by atoms with E-state index < -0.39 is 26.6 Å². The van der Waals surface area contributed by atoms with E-state index in [1.165, 1.54) is 0 Å². The number of halogens is 2. The second-order valence-corrected chi connectivity index (χ2v) is 10.7. The molecular weight excluding hydrogens is 466 g/mol. The minimum absolute atomic E-state index is 0.0113. The topological polar surface area (TPSA) is 84.9 Å². The summed E-state index contributed by atoms with van der Waals surface area (Å²) in [5.74, 6) is -0.635. The van der Waals surface area contributed by atoms with Crippen molar-refractivity contribution in [2.45, 2.75) is 37.2 Å². The summed E-state index contributed by atoms with van der Waals surface area (Å²) in [6, 6.07) is 7.81. The van der Waals surface area contributed by atoms with Crippen LogP contribution in [0.4, 0.5) is 8.78 Å². The quantitative estimate of drug-likeness (QED) is 0.609. The summed E-state index contributed by atoms with van der Waals surface area (Å²) in [7, 11) is -1.02. The van der Waals surface area contributed by atoms with Gasteiger partial charge >= 0.3 is 0 Å². The van der Waals surface area contributed by atoms with Crippen LogP contribution in [-0.4, -0.2) is 46.0 Å². The molecule has 2 aromatic carbocycles. The number of benzene rings is 2. The molecule has 0 aromatic heterocycles. The van der Waals surface area contributed by atoms with E-state index in [1.54, 1.807) is 20.3 Å². The van der Waals surface area contributed by atoms with Gasteiger partial charge in [0.25, 0.3) is 0 Å². The number of hydrogen-bond donors (Lipinski definition) is 1. The molecule has 1 saturated heterocycles. The van der Waals surface area contributed by atoms with Gasteiger partial charge in [0.15, 0.2) is 0 Å². The molecule has 0 spiro atoms. The van der Waals surface area contributed by atoms with Gasteiger partial charge in [-0.25, -0.2) is 21.9 Å². The van der Waals surface area contributed by atoms with Gasteiger partial charge in [0.2, 0.25) is 15.9 Å². The number of likely N-dealkylation sites (tertiary alicyclic amines) is 1. The molecule has 1 amide bonds. The minimum atomic E-state index is -4.16. The van der Waals surface area contributed by atoms with E-state index in [2.05, 4.69) is 4.72 Å². The Hall–Kier alpha value is -2.72. The first-order chi connectivity index (χ1) is 16.1. The maximum Gasteiger partial charge on any atom is 0.243 e. The molecule has 7 nitrogen and oxygen atoms in total. The van der Waals surface area contributed by atoms with E-state index >= 15 is 0 Å². The van der Waals surface area contributed by atoms with Crippen molar-refractivity contribution in [1.29, 1.82) is 0 Å². The third-order valence-corrected chi connectivity index (χ3v) is 8.50. The lowest BCUT2D eigenvalue weighted by Gasteiger charge is -2.25. The summed E-state index contributed by atoms with van der Waals surface area (Å²) >= 11 is 0. The molecule has 1 aliphatic heterocycles. The maximum absolute atomic E-state index is 14.0. The third kappa shape index (κ3) is 4.61. The van der Waals surface area contributed by atoms with Gasteiger partial charge in [-0.3, -0.25) is 4.79 Å². The average Bonchev–Trinajstić information content (AvgIpc) is 3.25. The number of carbonyl (C=O) groups is 1. The van der Waals surface area contributed by atoms with Crippen LogP contribution >= 0.6 is 0 Å². The monoisotopic (exact) mass is 494 g/mol. The van der Waals surface area contributed by atoms with E-state index in [4.69, 9.17) is 9.47 Å². The molecule has 0 radical (unpaired) electrons. The zero-order valence-corrected chi connectivity index (χ0v) is 20.1. The van der Waals surface area contributed by atoms with Gasteiger partial charge in [0, 0.05) is 43.2 Å². The largest absolute Gasteiger partial charge is 0.497 e. The number of rotatable bonds is 8. The molecule has 1 heterocycles. The Morgan fingerprint density at radius 3 is 2.56 bits per heavy atom. The van der Waals surface area contributed by atoms with Crippen molar-refractivity contribution in [1.82, 2.24) is 9.62 Å². The summed E-state index contributed by atoms with van der Waals surface area (Å²) in [6.45, 7) is 2.50. The molecule has 2 aromatic rings. The molecule has 4 rings (SSSR count). The second-order valence-electron chi connectivity index (χ2n) is 8.94. The molecule has 2 aliphatic rings. The van der Waals surface area contributed by atoms with Crippen LogP contribution in [-0.2, 0) is 21.4 Å². The first kappa shape index (κ1) is 24.4. The molecule has 184 valence electrons. The van der Waals surface area contributed by atoms with Crippen molar-refractivity contribution in [2.24, 2.45) is 17.8 Å². The fourth-order valence-corrected chi connectivity index (χ4v) is 6.42. The fourth-order valence-electron chi connectivity index (χ4n) is 5.29. The molecule has 1 aliphatic carbocycles. The summed E-state index contributed by atoms with van der Waals surface area (Å²) in [5, 5.41) is 0. The first-order valence-electron chi connectivity index (χ1n) is 11.1.